The molecule has 140 valence electrons. The summed E-state index contributed by atoms with van der Waals surface area (Å²) in [4.78, 5) is 12.4. The first kappa shape index (κ1) is 19.8. The second-order valence-corrected chi connectivity index (χ2v) is 6.55. The van der Waals surface area contributed by atoms with Crippen molar-refractivity contribution >= 4 is 5.91 Å². The molecule has 0 saturated carbocycles. The van der Waals surface area contributed by atoms with Gasteiger partial charge in [-0.3, -0.25) is 4.79 Å². The standard InChI is InChI=1S/C22H29NO3/c1-5-17-11-13-18(14-12-17)22(16(3)4)23-21(24)15-26-20-10-8-7-9-19(20)25-6-2/h7-14,16,22H,5-6,15H2,1-4H3,(H,23,24)/t22-/m1/s1. The maximum absolute atomic E-state index is 12.4. The zero-order valence-corrected chi connectivity index (χ0v) is 16.1. The van der Waals surface area contributed by atoms with Crippen LogP contribution in [0.5, 0.6) is 11.5 Å². The Hall–Kier alpha value is -2.49. The molecule has 0 saturated heterocycles. The number of nitrogens with one attached hydrogen (secondary N) is 1. The van der Waals surface area contributed by atoms with E-state index in [2.05, 4.69) is 50.4 Å². The van der Waals surface area contributed by atoms with Crippen LogP contribution in [0.25, 0.3) is 0 Å². The van der Waals surface area contributed by atoms with Gasteiger partial charge < -0.3 is 14.8 Å². The zero-order valence-electron chi connectivity index (χ0n) is 16.1. The van der Waals surface area contributed by atoms with Crippen LogP contribution in [0, 0.1) is 5.92 Å². The number of ether oxygens (including phenoxy) is 2. The Bertz CT molecular complexity index is 695. The van der Waals surface area contributed by atoms with Crippen LogP contribution in [0.15, 0.2) is 48.5 Å². The van der Waals surface area contributed by atoms with Gasteiger partial charge >= 0.3 is 0 Å². The van der Waals surface area contributed by atoms with E-state index in [1.54, 1.807) is 0 Å². The van der Waals surface area contributed by atoms with Crippen LogP contribution >= 0.6 is 0 Å². The van der Waals surface area contributed by atoms with Gasteiger partial charge in [0.15, 0.2) is 18.1 Å². The highest BCUT2D eigenvalue weighted by Crippen LogP contribution is 2.26. The first-order chi connectivity index (χ1) is 12.5. The minimum atomic E-state index is -0.144. The summed E-state index contributed by atoms with van der Waals surface area (Å²) in [6, 6.07) is 15.8. The van der Waals surface area contributed by atoms with Crippen LogP contribution in [-0.4, -0.2) is 19.1 Å². The average Bonchev–Trinajstić information content (AvgIpc) is 2.65. The van der Waals surface area contributed by atoms with Crippen molar-refractivity contribution in [3.63, 3.8) is 0 Å². The lowest BCUT2D eigenvalue weighted by atomic mass is 9.95. The molecule has 1 amide bonds. The average molecular weight is 355 g/mol. The van der Waals surface area contributed by atoms with Crippen molar-refractivity contribution in [1.29, 1.82) is 0 Å². The first-order valence-corrected chi connectivity index (χ1v) is 9.28. The maximum Gasteiger partial charge on any atom is 0.258 e. The molecule has 0 bridgehead atoms. The van der Waals surface area contributed by atoms with Crippen molar-refractivity contribution in [2.45, 2.75) is 40.2 Å². The fraction of sp³-hybridized carbons (Fsp3) is 0.409. The van der Waals surface area contributed by atoms with Crippen molar-refractivity contribution in [2.24, 2.45) is 5.92 Å². The number of amides is 1. The molecule has 4 heteroatoms. The number of rotatable bonds is 9. The van der Waals surface area contributed by atoms with Gasteiger partial charge in [-0.2, -0.15) is 0 Å². The van der Waals surface area contributed by atoms with E-state index in [-0.39, 0.29) is 24.5 Å². The Labute approximate surface area is 156 Å². The molecule has 2 aromatic rings. The normalized spacial score (nSPS) is 11.9. The Kier molecular flexibility index (Phi) is 7.52. The van der Waals surface area contributed by atoms with Gasteiger partial charge in [-0.25, -0.2) is 0 Å². The van der Waals surface area contributed by atoms with Gasteiger partial charge in [-0.15, -0.1) is 0 Å². The second kappa shape index (κ2) is 9.85. The van der Waals surface area contributed by atoms with E-state index < -0.39 is 0 Å². The number of carbonyl (C=O) groups is 1. The fourth-order valence-electron chi connectivity index (χ4n) is 2.80. The highest BCUT2D eigenvalue weighted by Gasteiger charge is 2.19. The van der Waals surface area contributed by atoms with Gasteiger partial charge in [0, 0.05) is 0 Å². The molecule has 1 N–H and O–H groups in total. The number of carbonyl (C=O) groups excluding carboxylic acids is 1. The van der Waals surface area contributed by atoms with Crippen molar-refractivity contribution in [2.75, 3.05) is 13.2 Å². The van der Waals surface area contributed by atoms with E-state index in [1.165, 1.54) is 5.56 Å². The lowest BCUT2D eigenvalue weighted by molar-refractivity contribution is -0.124. The van der Waals surface area contributed by atoms with Crippen molar-refractivity contribution in [1.82, 2.24) is 5.32 Å². The molecule has 4 nitrogen and oxygen atoms in total. The quantitative estimate of drug-likeness (QED) is 0.718. The summed E-state index contributed by atoms with van der Waals surface area (Å²) in [6.45, 7) is 8.76. The number of para-hydroxylation sites is 2. The van der Waals surface area contributed by atoms with E-state index >= 15 is 0 Å². The summed E-state index contributed by atoms with van der Waals surface area (Å²) in [5.74, 6) is 1.37. The van der Waals surface area contributed by atoms with Gasteiger partial charge in [0.1, 0.15) is 0 Å². The molecule has 0 fully saturated rings. The summed E-state index contributed by atoms with van der Waals surface area (Å²) in [7, 11) is 0. The van der Waals surface area contributed by atoms with Crippen LogP contribution in [-0.2, 0) is 11.2 Å². The van der Waals surface area contributed by atoms with Gasteiger partial charge in [-0.05, 0) is 42.5 Å². The largest absolute Gasteiger partial charge is 0.490 e. The third-order valence-corrected chi connectivity index (χ3v) is 4.24. The van der Waals surface area contributed by atoms with Crippen LogP contribution in [0.2, 0.25) is 0 Å². The predicted octanol–water partition coefficient (Wildman–Crippen LogP) is 4.54. The molecule has 0 aliphatic rings. The van der Waals surface area contributed by atoms with Gasteiger partial charge in [0.2, 0.25) is 0 Å². The molecule has 2 rings (SSSR count). The molecule has 1 atom stereocenters. The molecule has 2 aromatic carbocycles. The Morgan fingerprint density at radius 1 is 0.962 bits per heavy atom. The van der Waals surface area contributed by atoms with Crippen molar-refractivity contribution in [3.8, 4) is 11.5 Å². The fourth-order valence-corrected chi connectivity index (χ4v) is 2.80. The van der Waals surface area contributed by atoms with Crippen LogP contribution in [0.4, 0.5) is 0 Å². The van der Waals surface area contributed by atoms with E-state index in [1.807, 2.05) is 31.2 Å². The van der Waals surface area contributed by atoms with Crippen LogP contribution in [0.1, 0.15) is 44.9 Å². The molecular weight excluding hydrogens is 326 g/mol. The molecule has 0 heterocycles. The summed E-state index contributed by atoms with van der Waals surface area (Å²) < 4.78 is 11.2. The number of hydrogen-bond acceptors (Lipinski definition) is 3. The third kappa shape index (κ3) is 5.51. The van der Waals surface area contributed by atoms with E-state index in [0.29, 0.717) is 18.1 Å². The lowest BCUT2D eigenvalue weighted by Crippen LogP contribution is -2.35. The Morgan fingerprint density at radius 3 is 2.12 bits per heavy atom. The third-order valence-electron chi connectivity index (χ3n) is 4.24. The lowest BCUT2D eigenvalue weighted by Gasteiger charge is -2.23. The van der Waals surface area contributed by atoms with E-state index in [4.69, 9.17) is 9.47 Å². The number of benzene rings is 2. The van der Waals surface area contributed by atoms with Crippen molar-refractivity contribution < 1.29 is 14.3 Å². The molecule has 0 aromatic heterocycles. The van der Waals surface area contributed by atoms with Crippen LogP contribution in [0.3, 0.4) is 0 Å². The molecule has 0 radical (unpaired) electrons. The minimum absolute atomic E-state index is 0.0413. The van der Waals surface area contributed by atoms with Gasteiger partial charge in [-0.1, -0.05) is 57.2 Å². The smallest absolute Gasteiger partial charge is 0.258 e. The summed E-state index contributed by atoms with van der Waals surface area (Å²) in [6.07, 6.45) is 1.01. The highest BCUT2D eigenvalue weighted by atomic mass is 16.5. The molecular formula is C22H29NO3. The number of aryl methyl sites for hydroxylation is 1. The summed E-state index contributed by atoms with van der Waals surface area (Å²) in [5.41, 5.74) is 2.40. The second-order valence-electron chi connectivity index (χ2n) is 6.55. The number of hydrogen-bond donors (Lipinski definition) is 1. The highest BCUT2D eigenvalue weighted by molar-refractivity contribution is 5.78. The molecule has 0 spiro atoms. The van der Waals surface area contributed by atoms with E-state index in [0.717, 1.165) is 12.0 Å². The molecule has 0 aliphatic carbocycles. The molecule has 0 unspecified atom stereocenters. The zero-order chi connectivity index (χ0) is 18.9. The van der Waals surface area contributed by atoms with Gasteiger partial charge in [0.05, 0.1) is 12.6 Å². The Balaban J connectivity index is 1.99. The van der Waals surface area contributed by atoms with E-state index in [9.17, 15) is 4.79 Å². The minimum Gasteiger partial charge on any atom is -0.490 e. The predicted molar refractivity (Wildman–Crippen MR) is 105 cm³/mol. The first-order valence-electron chi connectivity index (χ1n) is 9.28. The molecule has 0 aliphatic heterocycles. The van der Waals surface area contributed by atoms with Crippen molar-refractivity contribution in [3.05, 3.63) is 59.7 Å². The topological polar surface area (TPSA) is 47.6 Å². The summed E-state index contributed by atoms with van der Waals surface area (Å²) in [5, 5.41) is 3.09. The van der Waals surface area contributed by atoms with Crippen LogP contribution < -0.4 is 14.8 Å². The molecule has 26 heavy (non-hydrogen) atoms. The van der Waals surface area contributed by atoms with Gasteiger partial charge in [0.25, 0.3) is 5.91 Å². The summed E-state index contributed by atoms with van der Waals surface area (Å²) >= 11 is 0. The SMILES string of the molecule is CCOc1ccccc1OCC(=O)N[C@@H](c1ccc(CC)cc1)C(C)C. The monoisotopic (exact) mass is 355 g/mol. The Morgan fingerprint density at radius 2 is 1.58 bits per heavy atom. The maximum atomic E-state index is 12.4.